The van der Waals surface area contributed by atoms with Crippen molar-refractivity contribution in [2.45, 2.75) is 18.8 Å². The van der Waals surface area contributed by atoms with Crippen molar-refractivity contribution in [3.63, 3.8) is 0 Å². The van der Waals surface area contributed by atoms with Crippen LogP contribution in [0.1, 0.15) is 24.6 Å². The largest absolute Gasteiger partial charge is 0.465 e. The van der Waals surface area contributed by atoms with E-state index in [4.69, 9.17) is 5.11 Å². The minimum absolute atomic E-state index is 0.0872. The lowest BCUT2D eigenvalue weighted by Crippen LogP contribution is -2.37. The third kappa shape index (κ3) is 2.19. The average molecular weight is 281 g/mol. The van der Waals surface area contributed by atoms with Crippen molar-refractivity contribution in [3.05, 3.63) is 29.6 Å². The van der Waals surface area contributed by atoms with Crippen molar-refractivity contribution in [1.82, 2.24) is 14.9 Å². The van der Waals surface area contributed by atoms with E-state index in [0.717, 1.165) is 12.1 Å². The summed E-state index contributed by atoms with van der Waals surface area (Å²) in [6.07, 6.45) is 0.381. The van der Waals surface area contributed by atoms with Crippen LogP contribution in [0.2, 0.25) is 0 Å². The number of likely N-dealkylation sites (tertiary alicyclic amines) is 1. The fraction of sp³-hybridized carbons (Fsp3) is 0.385. The number of hydrogen-bond acceptors (Lipinski definition) is 2. The molecule has 0 spiro atoms. The quantitative estimate of drug-likeness (QED) is 0.844. The molecule has 1 aliphatic heterocycles. The summed E-state index contributed by atoms with van der Waals surface area (Å²) in [4.78, 5) is 19.5. The van der Waals surface area contributed by atoms with Crippen LogP contribution >= 0.6 is 0 Å². The molecule has 106 valence electrons. The Bertz CT molecular complexity index is 624. The van der Waals surface area contributed by atoms with Gasteiger partial charge in [-0.25, -0.2) is 18.6 Å². The Morgan fingerprint density at radius 1 is 1.30 bits per heavy atom. The van der Waals surface area contributed by atoms with Gasteiger partial charge in [0.25, 0.3) is 0 Å². The van der Waals surface area contributed by atoms with Gasteiger partial charge in [0.2, 0.25) is 0 Å². The van der Waals surface area contributed by atoms with E-state index in [1.807, 2.05) is 0 Å². The monoisotopic (exact) mass is 281 g/mol. The second-order valence-corrected chi connectivity index (χ2v) is 4.95. The molecule has 0 atom stereocenters. The van der Waals surface area contributed by atoms with Crippen LogP contribution in [-0.4, -0.2) is 39.2 Å². The van der Waals surface area contributed by atoms with E-state index in [0.29, 0.717) is 42.8 Å². The lowest BCUT2D eigenvalue weighted by atomic mass is 9.96. The Balaban J connectivity index is 1.83. The molecule has 2 N–H and O–H groups in total. The number of rotatable bonds is 1. The van der Waals surface area contributed by atoms with E-state index in [1.54, 1.807) is 0 Å². The second-order valence-electron chi connectivity index (χ2n) is 4.95. The Kier molecular flexibility index (Phi) is 3.04. The highest BCUT2D eigenvalue weighted by Crippen LogP contribution is 2.28. The third-order valence-corrected chi connectivity index (χ3v) is 3.69. The highest BCUT2D eigenvalue weighted by atomic mass is 19.2. The maximum Gasteiger partial charge on any atom is 0.407 e. The van der Waals surface area contributed by atoms with Gasteiger partial charge >= 0.3 is 6.09 Å². The van der Waals surface area contributed by atoms with E-state index in [1.165, 1.54) is 4.90 Å². The molecular weight excluding hydrogens is 268 g/mol. The van der Waals surface area contributed by atoms with E-state index in [-0.39, 0.29) is 5.92 Å². The molecule has 5 nitrogen and oxygen atoms in total. The fourth-order valence-electron chi connectivity index (χ4n) is 2.56. The standard InChI is InChI=1S/C13H13F2N3O2/c14-8-5-10-11(6-9(8)15)17-12(16-10)7-1-3-18(4-2-7)13(19)20/h5-7H,1-4H2,(H,16,17)(H,19,20). The van der Waals surface area contributed by atoms with Crippen LogP contribution < -0.4 is 0 Å². The van der Waals surface area contributed by atoms with Gasteiger partial charge in [-0.1, -0.05) is 0 Å². The third-order valence-electron chi connectivity index (χ3n) is 3.69. The summed E-state index contributed by atoms with van der Waals surface area (Å²) >= 11 is 0. The van der Waals surface area contributed by atoms with Gasteiger partial charge in [-0.2, -0.15) is 0 Å². The highest BCUT2D eigenvalue weighted by Gasteiger charge is 2.25. The normalized spacial score (nSPS) is 16.8. The number of piperidine rings is 1. The molecule has 2 heterocycles. The molecule has 0 radical (unpaired) electrons. The molecule has 1 aliphatic rings. The molecule has 0 aliphatic carbocycles. The van der Waals surface area contributed by atoms with Crippen molar-refractivity contribution in [1.29, 1.82) is 0 Å². The minimum atomic E-state index is -0.920. The van der Waals surface area contributed by atoms with Crippen molar-refractivity contribution in [2.24, 2.45) is 0 Å². The minimum Gasteiger partial charge on any atom is -0.465 e. The van der Waals surface area contributed by atoms with E-state index in [2.05, 4.69) is 9.97 Å². The lowest BCUT2D eigenvalue weighted by molar-refractivity contribution is 0.131. The number of H-pyrrole nitrogens is 1. The van der Waals surface area contributed by atoms with E-state index in [9.17, 15) is 13.6 Å². The summed E-state index contributed by atoms with van der Waals surface area (Å²) < 4.78 is 26.3. The molecule has 20 heavy (non-hydrogen) atoms. The summed E-state index contributed by atoms with van der Waals surface area (Å²) in [5.74, 6) is -1.08. The number of hydrogen-bond donors (Lipinski definition) is 2. The molecule has 3 rings (SSSR count). The first-order chi connectivity index (χ1) is 9.54. The topological polar surface area (TPSA) is 69.2 Å². The number of fused-ring (bicyclic) bond motifs is 1. The number of benzene rings is 1. The average Bonchev–Trinajstić information content (AvgIpc) is 2.82. The molecule has 1 amide bonds. The van der Waals surface area contributed by atoms with Crippen LogP contribution in [0, 0.1) is 11.6 Å². The second kappa shape index (κ2) is 4.73. The smallest absolute Gasteiger partial charge is 0.407 e. The summed E-state index contributed by atoms with van der Waals surface area (Å²) in [5.41, 5.74) is 0.846. The maximum atomic E-state index is 13.1. The number of halogens is 2. The van der Waals surface area contributed by atoms with Crippen molar-refractivity contribution >= 4 is 17.1 Å². The van der Waals surface area contributed by atoms with Crippen LogP contribution in [0.5, 0.6) is 0 Å². The van der Waals surface area contributed by atoms with Crippen molar-refractivity contribution in [2.75, 3.05) is 13.1 Å². The van der Waals surface area contributed by atoms with Crippen molar-refractivity contribution in [3.8, 4) is 0 Å². The lowest BCUT2D eigenvalue weighted by Gasteiger charge is -2.28. The van der Waals surface area contributed by atoms with Gasteiger partial charge in [-0.3, -0.25) is 0 Å². The van der Waals surface area contributed by atoms with Gasteiger partial charge in [-0.15, -0.1) is 0 Å². The molecule has 1 aromatic carbocycles. The molecule has 7 heteroatoms. The summed E-state index contributed by atoms with van der Waals surface area (Å²) in [7, 11) is 0. The Labute approximate surface area is 113 Å². The predicted octanol–water partition coefficient (Wildman–Crippen LogP) is 2.70. The SMILES string of the molecule is O=C(O)N1CCC(c2nc3cc(F)c(F)cc3[nH]2)CC1. The number of carbonyl (C=O) groups is 1. The van der Waals surface area contributed by atoms with Gasteiger partial charge in [0, 0.05) is 31.1 Å². The Hall–Kier alpha value is -2.18. The van der Waals surface area contributed by atoms with E-state index >= 15 is 0 Å². The Morgan fingerprint density at radius 2 is 1.95 bits per heavy atom. The van der Waals surface area contributed by atoms with E-state index < -0.39 is 17.7 Å². The van der Waals surface area contributed by atoms with Crippen LogP contribution in [0.4, 0.5) is 13.6 Å². The van der Waals surface area contributed by atoms with Crippen LogP contribution in [0.25, 0.3) is 11.0 Å². The molecule has 1 aromatic heterocycles. The molecule has 0 bridgehead atoms. The van der Waals surface area contributed by atoms with Gasteiger partial charge in [0.1, 0.15) is 5.82 Å². The van der Waals surface area contributed by atoms with Gasteiger partial charge in [0.05, 0.1) is 11.0 Å². The zero-order valence-corrected chi connectivity index (χ0v) is 10.6. The Morgan fingerprint density at radius 3 is 2.60 bits per heavy atom. The van der Waals surface area contributed by atoms with Gasteiger partial charge in [0.15, 0.2) is 11.6 Å². The molecular formula is C13H13F2N3O2. The first-order valence-electron chi connectivity index (χ1n) is 6.37. The summed E-state index contributed by atoms with van der Waals surface area (Å²) in [5, 5.41) is 8.89. The summed E-state index contributed by atoms with van der Waals surface area (Å²) in [6, 6.07) is 2.16. The number of nitrogens with zero attached hydrogens (tertiary/aromatic N) is 2. The number of carboxylic acid groups (broad SMARTS) is 1. The molecule has 2 aromatic rings. The first-order valence-corrected chi connectivity index (χ1v) is 6.37. The number of aromatic nitrogens is 2. The van der Waals surface area contributed by atoms with Crippen molar-refractivity contribution < 1.29 is 18.7 Å². The first kappa shape index (κ1) is 12.8. The number of amides is 1. The molecule has 1 fully saturated rings. The summed E-state index contributed by atoms with van der Waals surface area (Å²) in [6.45, 7) is 0.888. The fourth-order valence-corrected chi connectivity index (χ4v) is 2.56. The number of nitrogens with one attached hydrogen (secondary N) is 1. The molecule has 1 saturated heterocycles. The maximum absolute atomic E-state index is 13.1. The van der Waals surface area contributed by atoms with Gasteiger partial charge < -0.3 is 15.0 Å². The zero-order valence-electron chi connectivity index (χ0n) is 10.6. The zero-order chi connectivity index (χ0) is 14.3. The van der Waals surface area contributed by atoms with Crippen LogP contribution in [-0.2, 0) is 0 Å². The highest BCUT2D eigenvalue weighted by molar-refractivity contribution is 5.75. The molecule has 0 unspecified atom stereocenters. The van der Waals surface area contributed by atoms with Crippen LogP contribution in [0.15, 0.2) is 12.1 Å². The van der Waals surface area contributed by atoms with Gasteiger partial charge in [-0.05, 0) is 12.8 Å². The molecule has 0 saturated carbocycles. The number of aromatic amines is 1. The van der Waals surface area contributed by atoms with Crippen LogP contribution in [0.3, 0.4) is 0 Å². The number of imidazole rings is 1. The predicted molar refractivity (Wildman–Crippen MR) is 67.6 cm³/mol.